The molecule has 0 aromatic carbocycles. The number of nitrogens with zero attached hydrogens (tertiary/aromatic N) is 2. The third kappa shape index (κ3) is 3.76. The fourth-order valence-corrected chi connectivity index (χ4v) is 4.42. The zero-order chi connectivity index (χ0) is 15.2. The molecule has 0 aliphatic heterocycles. The zero-order valence-electron chi connectivity index (χ0n) is 13.8. The van der Waals surface area contributed by atoms with Gasteiger partial charge in [0.25, 0.3) is 0 Å². The Morgan fingerprint density at radius 3 is 2.81 bits per heavy atom. The average molecular weight is 311 g/mol. The highest BCUT2D eigenvalue weighted by molar-refractivity contribution is 7.15. The van der Waals surface area contributed by atoms with Crippen molar-refractivity contribution in [3.05, 3.63) is 10.6 Å². The molecule has 0 saturated carbocycles. The maximum Gasteiger partial charge on any atom is 0.186 e. The highest BCUT2D eigenvalue weighted by atomic mass is 32.1. The minimum atomic E-state index is 0.435. The molecule has 1 heterocycles. The van der Waals surface area contributed by atoms with Crippen molar-refractivity contribution in [3.63, 3.8) is 0 Å². The smallest absolute Gasteiger partial charge is 0.186 e. The molecule has 1 aliphatic rings. The Hall–Kier alpha value is -0.650. The molecule has 120 valence electrons. The van der Waals surface area contributed by atoms with E-state index in [9.17, 15) is 0 Å². The quantitative estimate of drug-likeness (QED) is 0.798. The van der Waals surface area contributed by atoms with Gasteiger partial charge in [0.2, 0.25) is 0 Å². The maximum atomic E-state index is 5.30. The van der Waals surface area contributed by atoms with Crippen LogP contribution < -0.4 is 10.2 Å². The molecule has 4 nitrogen and oxygen atoms in total. The zero-order valence-corrected chi connectivity index (χ0v) is 14.6. The van der Waals surface area contributed by atoms with Gasteiger partial charge in [0.05, 0.1) is 18.3 Å². The number of anilines is 1. The number of aromatic nitrogens is 1. The molecule has 0 fully saturated rings. The molecular formula is C16H29N3OS. The number of nitrogens with one attached hydrogen (secondary N) is 1. The number of ether oxygens (including phenoxy) is 1. The molecule has 0 amide bonds. The van der Waals surface area contributed by atoms with Crippen LogP contribution >= 0.6 is 11.3 Å². The third-order valence-electron chi connectivity index (χ3n) is 4.46. The molecule has 0 spiro atoms. The van der Waals surface area contributed by atoms with Gasteiger partial charge in [0, 0.05) is 24.6 Å². The summed E-state index contributed by atoms with van der Waals surface area (Å²) in [6.45, 7) is 6.21. The monoisotopic (exact) mass is 311 g/mol. The van der Waals surface area contributed by atoms with Gasteiger partial charge in [-0.1, -0.05) is 13.8 Å². The molecule has 5 heteroatoms. The molecule has 0 bridgehead atoms. The lowest BCUT2D eigenvalue weighted by Gasteiger charge is -2.30. The van der Waals surface area contributed by atoms with E-state index < -0.39 is 0 Å². The Balaban J connectivity index is 2.25. The van der Waals surface area contributed by atoms with Gasteiger partial charge in [-0.2, -0.15) is 0 Å². The van der Waals surface area contributed by atoms with Crippen molar-refractivity contribution in [1.29, 1.82) is 0 Å². The van der Waals surface area contributed by atoms with Crippen LogP contribution in [0.4, 0.5) is 5.13 Å². The number of thiazole rings is 1. The Morgan fingerprint density at radius 1 is 1.43 bits per heavy atom. The fraction of sp³-hybridized carbons (Fsp3) is 0.812. The minimum Gasteiger partial charge on any atom is -0.383 e. The fourth-order valence-electron chi connectivity index (χ4n) is 3.16. The Kier molecular flexibility index (Phi) is 6.45. The molecule has 1 atom stereocenters. The van der Waals surface area contributed by atoms with Crippen LogP contribution in [0.3, 0.4) is 0 Å². The first-order chi connectivity index (χ1) is 10.2. The standard InChI is InChI=1S/C16H29N3OS/c1-5-12(6-2)19(10-11-20-4)16-18-15-13(17-3)8-7-9-14(15)21-16/h12-13,17H,5-11H2,1-4H3. The SMILES string of the molecule is CCC(CC)N(CCOC)c1nc2c(s1)CCCC2NC. The van der Waals surface area contributed by atoms with E-state index in [1.807, 2.05) is 18.4 Å². The predicted molar refractivity (Wildman–Crippen MR) is 90.4 cm³/mol. The summed E-state index contributed by atoms with van der Waals surface area (Å²) in [5, 5.41) is 4.60. The van der Waals surface area contributed by atoms with Crippen LogP contribution in [0.25, 0.3) is 0 Å². The van der Waals surface area contributed by atoms with Gasteiger partial charge in [-0.15, -0.1) is 11.3 Å². The summed E-state index contributed by atoms with van der Waals surface area (Å²) in [5.41, 5.74) is 1.29. The van der Waals surface area contributed by atoms with Crippen molar-refractivity contribution in [2.45, 2.75) is 58.0 Å². The van der Waals surface area contributed by atoms with Crippen molar-refractivity contribution in [2.24, 2.45) is 0 Å². The highest BCUT2D eigenvalue weighted by Crippen LogP contribution is 2.37. The third-order valence-corrected chi connectivity index (χ3v) is 5.62. The lowest BCUT2D eigenvalue weighted by Crippen LogP contribution is -2.37. The molecule has 1 aromatic rings. The minimum absolute atomic E-state index is 0.435. The summed E-state index contributed by atoms with van der Waals surface area (Å²) >= 11 is 1.89. The Bertz CT molecular complexity index is 431. The van der Waals surface area contributed by atoms with Crippen molar-refractivity contribution in [1.82, 2.24) is 10.3 Å². The molecule has 1 unspecified atom stereocenters. The van der Waals surface area contributed by atoms with Crippen LogP contribution in [0.5, 0.6) is 0 Å². The molecule has 21 heavy (non-hydrogen) atoms. The van der Waals surface area contributed by atoms with Crippen LogP contribution in [-0.4, -0.2) is 38.3 Å². The van der Waals surface area contributed by atoms with E-state index >= 15 is 0 Å². The van der Waals surface area contributed by atoms with E-state index in [1.54, 1.807) is 7.11 Å². The number of fused-ring (bicyclic) bond motifs is 1. The second-order valence-corrected chi connectivity index (χ2v) is 6.76. The molecule has 0 radical (unpaired) electrons. The first-order valence-corrected chi connectivity index (χ1v) is 8.99. The van der Waals surface area contributed by atoms with Gasteiger partial charge in [-0.05, 0) is 39.2 Å². The van der Waals surface area contributed by atoms with Crippen LogP contribution in [-0.2, 0) is 11.2 Å². The van der Waals surface area contributed by atoms with Crippen LogP contribution in [0, 0.1) is 0 Å². The van der Waals surface area contributed by atoms with E-state index in [4.69, 9.17) is 9.72 Å². The summed E-state index contributed by atoms with van der Waals surface area (Å²) in [4.78, 5) is 8.93. The van der Waals surface area contributed by atoms with Crippen LogP contribution in [0.1, 0.15) is 56.1 Å². The average Bonchev–Trinajstić information content (AvgIpc) is 2.95. The van der Waals surface area contributed by atoms with Crippen molar-refractivity contribution >= 4 is 16.5 Å². The molecule has 0 saturated heterocycles. The normalized spacial score (nSPS) is 18.0. The van der Waals surface area contributed by atoms with E-state index in [-0.39, 0.29) is 0 Å². The molecule has 1 aromatic heterocycles. The summed E-state index contributed by atoms with van der Waals surface area (Å²) < 4.78 is 5.30. The summed E-state index contributed by atoms with van der Waals surface area (Å²) in [5.74, 6) is 0. The van der Waals surface area contributed by atoms with E-state index in [0.29, 0.717) is 12.1 Å². The Morgan fingerprint density at radius 2 is 2.19 bits per heavy atom. The second-order valence-electron chi connectivity index (χ2n) is 5.69. The number of hydrogen-bond donors (Lipinski definition) is 1. The molecule has 1 N–H and O–H groups in total. The first-order valence-electron chi connectivity index (χ1n) is 8.17. The molecule has 2 rings (SSSR count). The Labute approximate surface area is 132 Å². The second kappa shape index (κ2) is 8.11. The summed E-state index contributed by atoms with van der Waals surface area (Å²) in [6, 6.07) is 0.991. The summed E-state index contributed by atoms with van der Waals surface area (Å²) in [7, 11) is 3.82. The maximum absolute atomic E-state index is 5.30. The van der Waals surface area contributed by atoms with Crippen molar-refractivity contribution < 1.29 is 4.74 Å². The van der Waals surface area contributed by atoms with Gasteiger partial charge in [-0.3, -0.25) is 0 Å². The van der Waals surface area contributed by atoms with Gasteiger partial charge in [0.15, 0.2) is 5.13 Å². The van der Waals surface area contributed by atoms with Gasteiger partial charge in [-0.25, -0.2) is 4.98 Å². The lowest BCUT2D eigenvalue weighted by molar-refractivity contribution is 0.202. The first kappa shape index (κ1) is 16.7. The molecule has 1 aliphatic carbocycles. The topological polar surface area (TPSA) is 37.4 Å². The highest BCUT2D eigenvalue weighted by Gasteiger charge is 2.26. The summed E-state index contributed by atoms with van der Waals surface area (Å²) in [6.07, 6.45) is 5.96. The van der Waals surface area contributed by atoms with E-state index in [2.05, 4.69) is 24.1 Å². The van der Waals surface area contributed by atoms with Crippen molar-refractivity contribution in [3.8, 4) is 0 Å². The van der Waals surface area contributed by atoms with Crippen LogP contribution in [0.15, 0.2) is 0 Å². The van der Waals surface area contributed by atoms with E-state index in [0.717, 1.165) is 26.0 Å². The molecular weight excluding hydrogens is 282 g/mol. The van der Waals surface area contributed by atoms with Crippen LogP contribution in [0.2, 0.25) is 0 Å². The lowest BCUT2D eigenvalue weighted by atomic mass is 9.98. The van der Waals surface area contributed by atoms with Crippen molar-refractivity contribution in [2.75, 3.05) is 32.2 Å². The number of hydrogen-bond acceptors (Lipinski definition) is 5. The largest absolute Gasteiger partial charge is 0.383 e. The number of methoxy groups -OCH3 is 1. The number of rotatable bonds is 8. The van der Waals surface area contributed by atoms with Gasteiger partial charge < -0.3 is 15.0 Å². The number of aryl methyl sites for hydroxylation is 1. The van der Waals surface area contributed by atoms with Gasteiger partial charge >= 0.3 is 0 Å². The predicted octanol–water partition coefficient (Wildman–Crippen LogP) is 3.38. The van der Waals surface area contributed by atoms with E-state index in [1.165, 1.54) is 35.0 Å². The van der Waals surface area contributed by atoms with Gasteiger partial charge in [0.1, 0.15) is 0 Å².